The summed E-state index contributed by atoms with van der Waals surface area (Å²) in [4.78, 5) is 13.9. The van der Waals surface area contributed by atoms with E-state index in [4.69, 9.17) is 10.8 Å². The number of hydrogen-bond donors (Lipinski definition) is 2. The fourth-order valence-electron chi connectivity index (χ4n) is 1.75. The normalized spacial score (nSPS) is 10.4. The number of aliphatic hydroxyl groups excluding tert-OH is 1. The van der Waals surface area contributed by atoms with Gasteiger partial charge in [0.2, 0.25) is 0 Å². The van der Waals surface area contributed by atoms with E-state index in [9.17, 15) is 4.79 Å². The Balaban J connectivity index is 2.73. The van der Waals surface area contributed by atoms with E-state index in [1.165, 1.54) is 0 Å². The predicted molar refractivity (Wildman–Crippen MR) is 72.2 cm³/mol. The monoisotopic (exact) mass is 250 g/mol. The Bertz CT molecular complexity index is 363. The van der Waals surface area contributed by atoms with Crippen molar-refractivity contribution in [2.45, 2.75) is 26.3 Å². The van der Waals surface area contributed by atoms with Gasteiger partial charge in [0.05, 0.1) is 6.61 Å². The Morgan fingerprint density at radius 2 is 1.94 bits per heavy atom. The second kappa shape index (κ2) is 7.84. The Kier molecular flexibility index (Phi) is 6.39. The minimum absolute atomic E-state index is 0.00363. The van der Waals surface area contributed by atoms with Gasteiger partial charge in [-0.3, -0.25) is 4.79 Å². The molecule has 18 heavy (non-hydrogen) atoms. The number of carbonyl (C=O) groups is 1. The molecule has 1 amide bonds. The lowest BCUT2D eigenvalue weighted by Crippen LogP contribution is -2.34. The number of hydrogen-bond acceptors (Lipinski definition) is 3. The van der Waals surface area contributed by atoms with Crippen molar-refractivity contribution < 1.29 is 9.90 Å². The van der Waals surface area contributed by atoms with Gasteiger partial charge in [0.1, 0.15) is 0 Å². The van der Waals surface area contributed by atoms with Crippen molar-refractivity contribution in [2.24, 2.45) is 5.73 Å². The molecule has 1 aromatic rings. The lowest BCUT2D eigenvalue weighted by Gasteiger charge is -2.21. The quantitative estimate of drug-likeness (QED) is 0.768. The van der Waals surface area contributed by atoms with E-state index in [-0.39, 0.29) is 12.5 Å². The first-order chi connectivity index (χ1) is 8.72. The Hall–Kier alpha value is -1.39. The molecule has 4 heteroatoms. The summed E-state index contributed by atoms with van der Waals surface area (Å²) in [6.45, 7) is 3.63. The van der Waals surface area contributed by atoms with Crippen LogP contribution >= 0.6 is 0 Å². The first-order valence-corrected chi connectivity index (χ1v) is 6.42. The van der Waals surface area contributed by atoms with Crippen LogP contribution in [0.5, 0.6) is 0 Å². The van der Waals surface area contributed by atoms with Gasteiger partial charge in [-0.15, -0.1) is 0 Å². The maximum atomic E-state index is 12.2. The van der Waals surface area contributed by atoms with Gasteiger partial charge in [-0.05, 0) is 24.1 Å². The molecule has 1 rings (SSSR count). The van der Waals surface area contributed by atoms with E-state index in [0.717, 1.165) is 18.4 Å². The van der Waals surface area contributed by atoms with Crippen LogP contribution in [-0.4, -0.2) is 35.6 Å². The van der Waals surface area contributed by atoms with Gasteiger partial charge in [0, 0.05) is 25.2 Å². The molecule has 0 aliphatic rings. The Morgan fingerprint density at radius 1 is 1.28 bits per heavy atom. The fraction of sp³-hybridized carbons (Fsp3) is 0.500. The third kappa shape index (κ3) is 4.13. The molecule has 1 aromatic carbocycles. The van der Waals surface area contributed by atoms with Crippen LogP contribution in [0.15, 0.2) is 24.3 Å². The van der Waals surface area contributed by atoms with Gasteiger partial charge in [-0.25, -0.2) is 0 Å². The topological polar surface area (TPSA) is 66.6 Å². The number of nitrogens with two attached hydrogens (primary N) is 1. The molecular formula is C14H22N2O2. The van der Waals surface area contributed by atoms with Crippen molar-refractivity contribution in [1.29, 1.82) is 0 Å². The summed E-state index contributed by atoms with van der Waals surface area (Å²) >= 11 is 0. The molecular weight excluding hydrogens is 228 g/mol. The number of nitrogens with zero attached hydrogens (tertiary/aromatic N) is 1. The molecule has 0 atom stereocenters. The first kappa shape index (κ1) is 14.7. The number of amides is 1. The standard InChI is InChI=1S/C14H22N2O2/c1-2-3-8-16(9-10-17)14(18)13-6-4-12(11-15)5-7-13/h4-7,17H,2-3,8-11,15H2,1H3. The molecule has 0 radical (unpaired) electrons. The molecule has 0 spiro atoms. The molecule has 0 aromatic heterocycles. The maximum Gasteiger partial charge on any atom is 0.253 e. The number of aliphatic hydroxyl groups is 1. The lowest BCUT2D eigenvalue weighted by atomic mass is 10.1. The smallest absolute Gasteiger partial charge is 0.253 e. The number of unbranched alkanes of at least 4 members (excludes halogenated alkanes) is 1. The molecule has 0 saturated heterocycles. The van der Waals surface area contributed by atoms with E-state index < -0.39 is 0 Å². The van der Waals surface area contributed by atoms with E-state index >= 15 is 0 Å². The van der Waals surface area contributed by atoms with Crippen molar-refractivity contribution >= 4 is 5.91 Å². The van der Waals surface area contributed by atoms with Crippen molar-refractivity contribution in [3.05, 3.63) is 35.4 Å². The summed E-state index contributed by atoms with van der Waals surface area (Å²) in [6.07, 6.45) is 1.98. The zero-order valence-electron chi connectivity index (χ0n) is 10.9. The Labute approximate surface area is 108 Å². The van der Waals surface area contributed by atoms with Gasteiger partial charge in [-0.2, -0.15) is 0 Å². The van der Waals surface area contributed by atoms with Gasteiger partial charge >= 0.3 is 0 Å². The van der Waals surface area contributed by atoms with Crippen LogP contribution < -0.4 is 5.73 Å². The van der Waals surface area contributed by atoms with Gasteiger partial charge < -0.3 is 15.7 Å². The van der Waals surface area contributed by atoms with Crippen molar-refractivity contribution in [2.75, 3.05) is 19.7 Å². The fourth-order valence-corrected chi connectivity index (χ4v) is 1.75. The molecule has 100 valence electrons. The van der Waals surface area contributed by atoms with Crippen LogP contribution in [0, 0.1) is 0 Å². The summed E-state index contributed by atoms with van der Waals surface area (Å²) in [5.74, 6) is -0.0268. The lowest BCUT2D eigenvalue weighted by molar-refractivity contribution is 0.0719. The average molecular weight is 250 g/mol. The number of benzene rings is 1. The molecule has 0 unspecified atom stereocenters. The predicted octanol–water partition coefficient (Wildman–Crippen LogP) is 1.38. The third-order valence-corrected chi connectivity index (χ3v) is 2.88. The van der Waals surface area contributed by atoms with Crippen molar-refractivity contribution in [3.63, 3.8) is 0 Å². The molecule has 0 aliphatic heterocycles. The molecule has 0 heterocycles. The minimum Gasteiger partial charge on any atom is -0.395 e. The van der Waals surface area contributed by atoms with E-state index in [1.54, 1.807) is 17.0 Å². The van der Waals surface area contributed by atoms with Crippen LogP contribution in [0.2, 0.25) is 0 Å². The number of rotatable bonds is 7. The third-order valence-electron chi connectivity index (χ3n) is 2.88. The Morgan fingerprint density at radius 3 is 2.44 bits per heavy atom. The van der Waals surface area contributed by atoms with Gasteiger partial charge in [0.15, 0.2) is 0 Å². The average Bonchev–Trinajstić information content (AvgIpc) is 2.43. The summed E-state index contributed by atoms with van der Waals surface area (Å²) in [6, 6.07) is 7.32. The first-order valence-electron chi connectivity index (χ1n) is 6.42. The molecule has 4 nitrogen and oxygen atoms in total. The summed E-state index contributed by atoms with van der Waals surface area (Å²) in [5, 5.41) is 9.00. The molecule has 0 aliphatic carbocycles. The molecule has 0 saturated carbocycles. The van der Waals surface area contributed by atoms with E-state index in [2.05, 4.69) is 6.92 Å². The van der Waals surface area contributed by atoms with Crippen molar-refractivity contribution in [3.8, 4) is 0 Å². The van der Waals surface area contributed by atoms with Crippen LogP contribution in [0.25, 0.3) is 0 Å². The highest BCUT2D eigenvalue weighted by Crippen LogP contribution is 2.08. The van der Waals surface area contributed by atoms with Crippen LogP contribution in [0.3, 0.4) is 0 Å². The van der Waals surface area contributed by atoms with E-state index in [1.807, 2.05) is 12.1 Å². The highest BCUT2D eigenvalue weighted by atomic mass is 16.3. The second-order valence-electron chi connectivity index (χ2n) is 4.27. The minimum atomic E-state index is -0.0268. The largest absolute Gasteiger partial charge is 0.395 e. The highest BCUT2D eigenvalue weighted by Gasteiger charge is 2.14. The van der Waals surface area contributed by atoms with Crippen LogP contribution in [0.1, 0.15) is 35.7 Å². The maximum absolute atomic E-state index is 12.2. The second-order valence-corrected chi connectivity index (χ2v) is 4.27. The summed E-state index contributed by atoms with van der Waals surface area (Å²) in [5.41, 5.74) is 7.18. The van der Waals surface area contributed by atoms with Crippen molar-refractivity contribution in [1.82, 2.24) is 4.90 Å². The number of carbonyl (C=O) groups excluding carboxylic acids is 1. The molecule has 3 N–H and O–H groups in total. The van der Waals surface area contributed by atoms with E-state index in [0.29, 0.717) is 25.2 Å². The van der Waals surface area contributed by atoms with Crippen LogP contribution in [0.4, 0.5) is 0 Å². The molecule has 0 bridgehead atoms. The molecule has 0 fully saturated rings. The highest BCUT2D eigenvalue weighted by molar-refractivity contribution is 5.94. The van der Waals surface area contributed by atoms with Gasteiger partial charge in [-0.1, -0.05) is 25.5 Å². The zero-order valence-corrected chi connectivity index (χ0v) is 10.9. The summed E-state index contributed by atoms with van der Waals surface area (Å²) < 4.78 is 0. The van der Waals surface area contributed by atoms with Gasteiger partial charge in [0.25, 0.3) is 5.91 Å². The summed E-state index contributed by atoms with van der Waals surface area (Å²) in [7, 11) is 0. The zero-order chi connectivity index (χ0) is 13.4. The van der Waals surface area contributed by atoms with Crippen LogP contribution in [-0.2, 0) is 6.54 Å². The SMILES string of the molecule is CCCCN(CCO)C(=O)c1ccc(CN)cc1.